The van der Waals surface area contributed by atoms with Crippen molar-refractivity contribution in [3.63, 3.8) is 0 Å². The minimum atomic E-state index is 0.0616. The van der Waals surface area contributed by atoms with E-state index in [0.29, 0.717) is 18.6 Å². The van der Waals surface area contributed by atoms with Crippen LogP contribution in [0.2, 0.25) is 0 Å². The Labute approximate surface area is 126 Å². The summed E-state index contributed by atoms with van der Waals surface area (Å²) >= 11 is 0. The highest BCUT2D eigenvalue weighted by molar-refractivity contribution is 5.79. The van der Waals surface area contributed by atoms with Gasteiger partial charge in [-0.25, -0.2) is 0 Å². The fourth-order valence-electron chi connectivity index (χ4n) is 3.42. The van der Waals surface area contributed by atoms with Gasteiger partial charge in [0.2, 0.25) is 0 Å². The molecule has 0 aromatic heterocycles. The minimum absolute atomic E-state index is 0.0616. The van der Waals surface area contributed by atoms with Crippen molar-refractivity contribution in [2.45, 2.75) is 37.8 Å². The fourth-order valence-corrected chi connectivity index (χ4v) is 3.42. The van der Waals surface area contributed by atoms with Crippen LogP contribution in [0.5, 0.6) is 5.75 Å². The lowest BCUT2D eigenvalue weighted by molar-refractivity contribution is -0.130. The number of hydrogen-bond donors (Lipinski definition) is 0. The van der Waals surface area contributed by atoms with Crippen LogP contribution in [-0.2, 0) is 16.1 Å². The van der Waals surface area contributed by atoms with Crippen molar-refractivity contribution in [2.75, 3.05) is 26.9 Å². The van der Waals surface area contributed by atoms with Crippen molar-refractivity contribution < 1.29 is 14.3 Å². The molecule has 4 heteroatoms. The highest BCUT2D eigenvalue weighted by Gasteiger charge is 2.42. The van der Waals surface area contributed by atoms with E-state index >= 15 is 0 Å². The lowest BCUT2D eigenvalue weighted by atomic mass is 9.79. The van der Waals surface area contributed by atoms with Crippen molar-refractivity contribution in [3.05, 3.63) is 29.8 Å². The Hall–Kier alpha value is -1.39. The van der Waals surface area contributed by atoms with E-state index in [-0.39, 0.29) is 5.54 Å². The predicted molar refractivity (Wildman–Crippen MR) is 80.4 cm³/mol. The molecule has 2 aliphatic rings. The summed E-state index contributed by atoms with van der Waals surface area (Å²) in [5.41, 5.74) is 1.35. The van der Waals surface area contributed by atoms with E-state index in [1.807, 2.05) is 12.1 Å². The third-order valence-corrected chi connectivity index (χ3v) is 4.82. The summed E-state index contributed by atoms with van der Waals surface area (Å²) in [6, 6.07) is 8.26. The summed E-state index contributed by atoms with van der Waals surface area (Å²) in [5, 5.41) is 0. The van der Waals surface area contributed by atoms with Gasteiger partial charge in [0.25, 0.3) is 0 Å². The molecular formula is C17H23NO3. The van der Waals surface area contributed by atoms with E-state index in [1.165, 1.54) is 5.56 Å². The maximum atomic E-state index is 11.6. The van der Waals surface area contributed by atoms with Gasteiger partial charge in [-0.15, -0.1) is 0 Å². The average Bonchev–Trinajstić information content (AvgIpc) is 2.53. The van der Waals surface area contributed by atoms with E-state index in [1.54, 1.807) is 7.11 Å². The molecule has 0 bridgehead atoms. The number of carbonyl (C=O) groups excluding carboxylic acids is 1. The smallest absolute Gasteiger partial charge is 0.133 e. The molecule has 1 aromatic carbocycles. The third kappa shape index (κ3) is 3.11. The van der Waals surface area contributed by atoms with Crippen molar-refractivity contribution in [1.29, 1.82) is 0 Å². The molecule has 1 saturated carbocycles. The Morgan fingerprint density at radius 3 is 2.62 bits per heavy atom. The van der Waals surface area contributed by atoms with Crippen LogP contribution in [0.25, 0.3) is 0 Å². The number of hydrogen-bond acceptors (Lipinski definition) is 4. The van der Waals surface area contributed by atoms with Crippen molar-refractivity contribution in [3.8, 4) is 5.75 Å². The molecule has 3 rings (SSSR count). The van der Waals surface area contributed by atoms with Crippen LogP contribution in [0.4, 0.5) is 0 Å². The molecule has 1 saturated heterocycles. The minimum Gasteiger partial charge on any atom is -0.497 e. The molecule has 114 valence electrons. The number of rotatable bonds is 3. The van der Waals surface area contributed by atoms with Gasteiger partial charge in [-0.1, -0.05) is 12.1 Å². The molecule has 0 radical (unpaired) electrons. The number of nitrogens with zero attached hydrogens (tertiary/aromatic N) is 1. The summed E-state index contributed by atoms with van der Waals surface area (Å²) < 4.78 is 10.9. The van der Waals surface area contributed by atoms with E-state index in [2.05, 4.69) is 17.0 Å². The van der Waals surface area contributed by atoms with Gasteiger partial charge in [0, 0.05) is 31.5 Å². The third-order valence-electron chi connectivity index (χ3n) is 4.82. The lowest BCUT2D eigenvalue weighted by Crippen LogP contribution is -2.58. The normalized spacial score (nSPS) is 22.4. The van der Waals surface area contributed by atoms with Gasteiger partial charge >= 0.3 is 0 Å². The number of Topliss-reactive ketones (excluding diaryl/α,β-unsaturated/α-hetero) is 1. The highest BCUT2D eigenvalue weighted by Crippen LogP contribution is 2.35. The Bertz CT molecular complexity index is 487. The predicted octanol–water partition coefficient (Wildman–Crippen LogP) is 2.41. The molecule has 2 fully saturated rings. The highest BCUT2D eigenvalue weighted by atomic mass is 16.5. The Kier molecular flexibility index (Phi) is 4.27. The van der Waals surface area contributed by atoms with Crippen LogP contribution in [0, 0.1) is 0 Å². The van der Waals surface area contributed by atoms with Gasteiger partial charge in [-0.2, -0.15) is 0 Å². The zero-order chi connectivity index (χ0) is 14.7. The Morgan fingerprint density at radius 1 is 1.24 bits per heavy atom. The largest absolute Gasteiger partial charge is 0.497 e. The monoisotopic (exact) mass is 289 g/mol. The van der Waals surface area contributed by atoms with Crippen LogP contribution in [0.15, 0.2) is 24.3 Å². The van der Waals surface area contributed by atoms with Gasteiger partial charge in [0.15, 0.2) is 0 Å². The first kappa shape index (κ1) is 14.5. The average molecular weight is 289 g/mol. The standard InChI is InChI=1S/C17H23NO3/c1-20-16-4-2-14(3-5-16)12-18-10-11-21-13-17(18)8-6-15(19)7-9-17/h2-5H,6-13H2,1H3. The molecule has 0 N–H and O–H groups in total. The quantitative estimate of drug-likeness (QED) is 0.856. The summed E-state index contributed by atoms with van der Waals surface area (Å²) in [5.74, 6) is 1.29. The van der Waals surface area contributed by atoms with E-state index in [4.69, 9.17) is 9.47 Å². The zero-order valence-electron chi connectivity index (χ0n) is 12.6. The first-order chi connectivity index (χ1) is 10.2. The molecular weight excluding hydrogens is 266 g/mol. The van der Waals surface area contributed by atoms with Crippen LogP contribution in [0.1, 0.15) is 31.2 Å². The number of ether oxygens (including phenoxy) is 2. The van der Waals surface area contributed by atoms with Crippen LogP contribution >= 0.6 is 0 Å². The molecule has 1 spiro atoms. The number of carbonyl (C=O) groups is 1. The molecule has 21 heavy (non-hydrogen) atoms. The molecule has 1 aliphatic heterocycles. The molecule has 0 amide bonds. The maximum absolute atomic E-state index is 11.6. The SMILES string of the molecule is COc1ccc(CN2CCOCC23CCC(=O)CC3)cc1. The number of methoxy groups -OCH3 is 1. The van der Waals surface area contributed by atoms with Gasteiger partial charge in [0.05, 0.1) is 20.3 Å². The number of ketones is 1. The summed E-state index contributed by atoms with van der Waals surface area (Å²) in [4.78, 5) is 14.1. The second kappa shape index (κ2) is 6.16. The number of morpholine rings is 1. The number of benzene rings is 1. The van der Waals surface area contributed by atoms with Crippen LogP contribution < -0.4 is 4.74 Å². The second-order valence-corrected chi connectivity index (χ2v) is 6.09. The van der Waals surface area contributed by atoms with Gasteiger partial charge < -0.3 is 9.47 Å². The van der Waals surface area contributed by atoms with Gasteiger partial charge in [-0.3, -0.25) is 9.69 Å². The Morgan fingerprint density at radius 2 is 1.95 bits per heavy atom. The van der Waals surface area contributed by atoms with Gasteiger partial charge in [-0.05, 0) is 30.5 Å². The Balaban J connectivity index is 1.73. The maximum Gasteiger partial charge on any atom is 0.133 e. The first-order valence-corrected chi connectivity index (χ1v) is 7.69. The van der Waals surface area contributed by atoms with Crippen molar-refractivity contribution >= 4 is 5.78 Å². The summed E-state index contributed by atoms with van der Waals surface area (Å²) in [6.45, 7) is 3.41. The summed E-state index contributed by atoms with van der Waals surface area (Å²) in [6.07, 6.45) is 3.26. The molecule has 4 nitrogen and oxygen atoms in total. The van der Waals surface area contributed by atoms with E-state index in [9.17, 15) is 4.79 Å². The topological polar surface area (TPSA) is 38.8 Å². The lowest BCUT2D eigenvalue weighted by Gasteiger charge is -2.49. The molecule has 1 aromatic rings. The van der Waals surface area contributed by atoms with Crippen molar-refractivity contribution in [2.24, 2.45) is 0 Å². The molecule has 0 atom stereocenters. The van der Waals surface area contributed by atoms with E-state index in [0.717, 1.165) is 44.9 Å². The zero-order valence-corrected chi connectivity index (χ0v) is 12.6. The summed E-state index contributed by atoms with van der Waals surface area (Å²) in [7, 11) is 1.69. The second-order valence-electron chi connectivity index (χ2n) is 6.09. The fraction of sp³-hybridized carbons (Fsp3) is 0.588. The first-order valence-electron chi connectivity index (χ1n) is 7.69. The molecule has 1 aliphatic carbocycles. The molecule has 1 heterocycles. The van der Waals surface area contributed by atoms with Crippen molar-refractivity contribution in [1.82, 2.24) is 4.90 Å². The van der Waals surface area contributed by atoms with E-state index < -0.39 is 0 Å². The van der Waals surface area contributed by atoms with Crippen LogP contribution in [-0.4, -0.2) is 43.1 Å². The molecule has 0 unspecified atom stereocenters. The van der Waals surface area contributed by atoms with Crippen LogP contribution in [0.3, 0.4) is 0 Å². The van der Waals surface area contributed by atoms with Gasteiger partial charge in [0.1, 0.15) is 11.5 Å².